The summed E-state index contributed by atoms with van der Waals surface area (Å²) in [6, 6.07) is 18.5. The Kier molecular flexibility index (Phi) is 7.57. The topological polar surface area (TPSA) is 57.1 Å². The third kappa shape index (κ3) is 5.69. The van der Waals surface area contributed by atoms with E-state index in [1.165, 1.54) is 0 Å². The zero-order valence-electron chi connectivity index (χ0n) is 17.5. The fraction of sp³-hybridized carbons (Fsp3) is 0.120. The standard InChI is InChI=1S/C25H18Cl2INO4/c1-2-31-22-12-16(10-20(28)23(22)32-14-15-6-4-3-5-7-15)11-21-25(30)33-24(29-21)17-8-9-18(26)19(27)13-17/h3-13H,2,14H2,1H3/b21-11-. The maximum absolute atomic E-state index is 12.4. The number of aliphatic imine (C=N–C) groups is 1. The van der Waals surface area contributed by atoms with Crippen LogP contribution in [0.5, 0.6) is 11.5 Å². The number of hydrogen-bond acceptors (Lipinski definition) is 5. The molecule has 0 aliphatic carbocycles. The zero-order chi connectivity index (χ0) is 23.4. The molecule has 0 saturated carbocycles. The van der Waals surface area contributed by atoms with Gasteiger partial charge in [-0.25, -0.2) is 9.79 Å². The molecule has 0 fully saturated rings. The van der Waals surface area contributed by atoms with E-state index in [4.69, 9.17) is 37.4 Å². The van der Waals surface area contributed by atoms with E-state index in [9.17, 15) is 4.79 Å². The van der Waals surface area contributed by atoms with Crippen LogP contribution in [0.2, 0.25) is 10.0 Å². The van der Waals surface area contributed by atoms with Crippen molar-refractivity contribution in [3.8, 4) is 11.5 Å². The Morgan fingerprint density at radius 1 is 1.03 bits per heavy atom. The van der Waals surface area contributed by atoms with Crippen molar-refractivity contribution in [2.45, 2.75) is 13.5 Å². The summed E-state index contributed by atoms with van der Waals surface area (Å²) in [5, 5.41) is 0.765. The van der Waals surface area contributed by atoms with Crippen LogP contribution in [0.3, 0.4) is 0 Å². The smallest absolute Gasteiger partial charge is 0.363 e. The molecule has 1 aliphatic heterocycles. The Hall–Kier alpha value is -2.55. The Morgan fingerprint density at radius 2 is 1.82 bits per heavy atom. The van der Waals surface area contributed by atoms with Gasteiger partial charge in [0.25, 0.3) is 0 Å². The number of carbonyl (C=O) groups excluding carboxylic acids is 1. The first-order valence-electron chi connectivity index (χ1n) is 10.1. The number of cyclic esters (lactones) is 1. The molecule has 0 atom stereocenters. The fourth-order valence-corrected chi connectivity index (χ4v) is 4.20. The van der Waals surface area contributed by atoms with Crippen molar-refractivity contribution in [1.82, 2.24) is 0 Å². The minimum absolute atomic E-state index is 0.173. The molecule has 5 nitrogen and oxygen atoms in total. The average molecular weight is 594 g/mol. The number of esters is 1. The van der Waals surface area contributed by atoms with Crippen molar-refractivity contribution in [3.05, 3.63) is 96.7 Å². The first-order valence-corrected chi connectivity index (χ1v) is 11.9. The first kappa shape index (κ1) is 23.6. The van der Waals surface area contributed by atoms with Gasteiger partial charge in [0.05, 0.1) is 20.2 Å². The average Bonchev–Trinajstić information content (AvgIpc) is 3.16. The minimum Gasteiger partial charge on any atom is -0.490 e. The number of rotatable bonds is 7. The zero-order valence-corrected chi connectivity index (χ0v) is 21.1. The summed E-state index contributed by atoms with van der Waals surface area (Å²) in [6.45, 7) is 2.79. The van der Waals surface area contributed by atoms with Gasteiger partial charge in [0.1, 0.15) is 6.61 Å². The third-order valence-corrected chi connectivity index (χ3v) is 6.19. The summed E-state index contributed by atoms with van der Waals surface area (Å²) in [6.07, 6.45) is 1.65. The summed E-state index contributed by atoms with van der Waals surface area (Å²) in [7, 11) is 0. The summed E-state index contributed by atoms with van der Waals surface area (Å²) in [4.78, 5) is 16.8. The Balaban J connectivity index is 1.62. The lowest BCUT2D eigenvalue weighted by atomic mass is 10.1. The van der Waals surface area contributed by atoms with E-state index in [1.54, 1.807) is 24.3 Å². The van der Waals surface area contributed by atoms with Crippen LogP contribution < -0.4 is 9.47 Å². The van der Waals surface area contributed by atoms with E-state index in [-0.39, 0.29) is 11.6 Å². The molecule has 0 unspecified atom stereocenters. The van der Waals surface area contributed by atoms with Gasteiger partial charge in [-0.3, -0.25) is 0 Å². The summed E-state index contributed by atoms with van der Waals surface area (Å²) in [5.74, 6) is 0.866. The second-order valence-corrected chi connectivity index (χ2v) is 8.98. The van der Waals surface area contributed by atoms with Gasteiger partial charge in [-0.15, -0.1) is 0 Å². The summed E-state index contributed by atoms with van der Waals surface area (Å²) < 4.78 is 18.0. The monoisotopic (exact) mass is 593 g/mol. The number of halogens is 3. The Morgan fingerprint density at radius 3 is 2.55 bits per heavy atom. The lowest BCUT2D eigenvalue weighted by Gasteiger charge is -2.15. The van der Waals surface area contributed by atoms with E-state index >= 15 is 0 Å². The molecule has 4 rings (SSSR count). The van der Waals surface area contributed by atoms with Crippen molar-refractivity contribution in [2.24, 2.45) is 4.99 Å². The normalized spacial score (nSPS) is 14.2. The van der Waals surface area contributed by atoms with E-state index in [2.05, 4.69) is 27.6 Å². The highest BCUT2D eigenvalue weighted by Gasteiger charge is 2.25. The van der Waals surface area contributed by atoms with Gasteiger partial charge in [0.2, 0.25) is 5.90 Å². The quantitative estimate of drug-likeness (QED) is 0.169. The van der Waals surface area contributed by atoms with E-state index < -0.39 is 5.97 Å². The predicted molar refractivity (Wildman–Crippen MR) is 138 cm³/mol. The van der Waals surface area contributed by atoms with E-state index in [0.29, 0.717) is 40.3 Å². The minimum atomic E-state index is -0.548. The maximum Gasteiger partial charge on any atom is 0.363 e. The second-order valence-electron chi connectivity index (χ2n) is 7.00. The lowest BCUT2D eigenvalue weighted by molar-refractivity contribution is -0.129. The molecule has 0 aromatic heterocycles. The summed E-state index contributed by atoms with van der Waals surface area (Å²) >= 11 is 14.2. The molecule has 0 radical (unpaired) electrons. The van der Waals surface area contributed by atoms with Gasteiger partial charge in [-0.1, -0.05) is 53.5 Å². The number of carbonyl (C=O) groups is 1. The number of nitrogens with zero attached hydrogens (tertiary/aromatic N) is 1. The van der Waals surface area contributed by atoms with Gasteiger partial charge in [-0.2, -0.15) is 0 Å². The van der Waals surface area contributed by atoms with E-state index in [1.807, 2.05) is 49.4 Å². The third-order valence-electron chi connectivity index (χ3n) is 4.65. The molecule has 0 amide bonds. The molecule has 1 heterocycles. The second kappa shape index (κ2) is 10.6. The van der Waals surface area contributed by atoms with Gasteiger partial charge in [0.15, 0.2) is 17.2 Å². The largest absolute Gasteiger partial charge is 0.490 e. The first-order chi connectivity index (χ1) is 15.9. The van der Waals surface area contributed by atoms with Crippen LogP contribution in [0.25, 0.3) is 6.08 Å². The van der Waals surface area contributed by atoms with Crippen LogP contribution in [0, 0.1) is 3.57 Å². The molecule has 8 heteroatoms. The molecular weight excluding hydrogens is 576 g/mol. The highest BCUT2D eigenvalue weighted by atomic mass is 127. The number of hydrogen-bond donors (Lipinski definition) is 0. The molecule has 1 aliphatic rings. The predicted octanol–water partition coefficient (Wildman–Crippen LogP) is 6.92. The van der Waals surface area contributed by atoms with Crippen LogP contribution in [-0.2, 0) is 16.1 Å². The van der Waals surface area contributed by atoms with Crippen molar-refractivity contribution >= 4 is 63.7 Å². The lowest BCUT2D eigenvalue weighted by Crippen LogP contribution is -2.05. The van der Waals surface area contributed by atoms with Crippen molar-refractivity contribution < 1.29 is 19.0 Å². The van der Waals surface area contributed by atoms with Crippen LogP contribution in [-0.4, -0.2) is 18.5 Å². The number of ether oxygens (including phenoxy) is 3. The van der Waals surface area contributed by atoms with Gasteiger partial charge < -0.3 is 14.2 Å². The van der Waals surface area contributed by atoms with Crippen molar-refractivity contribution in [1.29, 1.82) is 0 Å². The molecule has 0 bridgehead atoms. The molecule has 168 valence electrons. The SMILES string of the molecule is CCOc1cc(/C=C2\N=C(c3ccc(Cl)c(Cl)c3)OC2=O)cc(I)c1OCc1ccccc1. The van der Waals surface area contributed by atoms with Crippen LogP contribution in [0.15, 0.2) is 71.4 Å². The van der Waals surface area contributed by atoms with Gasteiger partial charge >= 0.3 is 5.97 Å². The number of benzene rings is 3. The molecule has 3 aromatic carbocycles. The van der Waals surface area contributed by atoms with Gasteiger partial charge in [-0.05, 0) is 77.0 Å². The van der Waals surface area contributed by atoms with E-state index in [0.717, 1.165) is 14.7 Å². The Labute approximate surface area is 215 Å². The van der Waals surface area contributed by atoms with Crippen LogP contribution in [0.1, 0.15) is 23.6 Å². The maximum atomic E-state index is 12.4. The molecule has 0 N–H and O–H groups in total. The van der Waals surface area contributed by atoms with Gasteiger partial charge in [0, 0.05) is 5.56 Å². The molecule has 0 spiro atoms. The van der Waals surface area contributed by atoms with Crippen molar-refractivity contribution in [3.63, 3.8) is 0 Å². The fourth-order valence-electron chi connectivity index (χ4n) is 3.12. The molecule has 3 aromatic rings. The highest BCUT2D eigenvalue weighted by molar-refractivity contribution is 14.1. The van der Waals surface area contributed by atoms with Crippen LogP contribution in [0.4, 0.5) is 0 Å². The van der Waals surface area contributed by atoms with Crippen LogP contribution >= 0.6 is 45.8 Å². The van der Waals surface area contributed by atoms with Crippen molar-refractivity contribution in [2.75, 3.05) is 6.61 Å². The molecule has 33 heavy (non-hydrogen) atoms. The molecular formula is C25H18Cl2INO4. The Bertz CT molecular complexity index is 1260. The highest BCUT2D eigenvalue weighted by Crippen LogP contribution is 2.36. The molecule has 0 saturated heterocycles. The summed E-state index contributed by atoms with van der Waals surface area (Å²) in [5.41, 5.74) is 2.53.